The molecule has 6 nitrogen and oxygen atoms in total. The maximum atomic E-state index is 12.8. The van der Waals surface area contributed by atoms with Crippen LogP contribution in [0, 0.1) is 0 Å². The van der Waals surface area contributed by atoms with E-state index < -0.39 is 0 Å². The monoisotopic (exact) mass is 283 g/mol. The molecule has 0 radical (unpaired) electrons. The molecule has 0 fully saturated rings. The van der Waals surface area contributed by atoms with Gasteiger partial charge in [-0.2, -0.15) is 0 Å². The molecule has 0 aliphatic carbocycles. The van der Waals surface area contributed by atoms with Gasteiger partial charge in [-0.05, 0) is 18.2 Å². The lowest BCUT2D eigenvalue weighted by molar-refractivity contribution is 0.0987. The summed E-state index contributed by atoms with van der Waals surface area (Å²) in [5.41, 5.74) is 5.55. The van der Waals surface area contributed by atoms with E-state index in [1.165, 1.54) is 0 Å². The van der Waals surface area contributed by atoms with Gasteiger partial charge in [-0.25, -0.2) is 0 Å². The molecule has 0 spiro atoms. The fourth-order valence-corrected chi connectivity index (χ4v) is 2.55. The average molecular weight is 283 g/mol. The summed E-state index contributed by atoms with van der Waals surface area (Å²) < 4.78 is 0. The van der Waals surface area contributed by atoms with Crippen LogP contribution in [0.5, 0.6) is 0 Å². The van der Waals surface area contributed by atoms with Gasteiger partial charge in [-0.1, -0.05) is 12.1 Å². The molecule has 1 aromatic carbocycles. The highest BCUT2D eigenvalue weighted by molar-refractivity contribution is 6.11. The number of fused-ring (bicyclic) bond motifs is 1. The molecule has 0 unspecified atom stereocenters. The van der Waals surface area contributed by atoms with Crippen LogP contribution in [-0.4, -0.2) is 31.0 Å². The van der Waals surface area contributed by atoms with Crippen molar-refractivity contribution in [3.05, 3.63) is 48.3 Å². The lowest BCUT2D eigenvalue weighted by Crippen LogP contribution is -2.43. The molecule has 108 valence electrons. The summed E-state index contributed by atoms with van der Waals surface area (Å²) in [6.07, 6.45) is 3.14. The van der Waals surface area contributed by atoms with Crippen LogP contribution in [-0.2, 0) is 0 Å². The van der Waals surface area contributed by atoms with E-state index in [-0.39, 0.29) is 5.91 Å². The highest BCUT2D eigenvalue weighted by Crippen LogP contribution is 2.33. The lowest BCUT2D eigenvalue weighted by atomic mass is 10.1. The van der Waals surface area contributed by atoms with Crippen molar-refractivity contribution >= 4 is 23.0 Å². The molecule has 1 amide bonds. The van der Waals surface area contributed by atoms with Gasteiger partial charge < -0.3 is 15.2 Å². The first kappa shape index (κ1) is 13.4. The van der Waals surface area contributed by atoms with Gasteiger partial charge >= 0.3 is 0 Å². The zero-order valence-electron chi connectivity index (χ0n) is 11.8. The van der Waals surface area contributed by atoms with E-state index in [9.17, 15) is 4.79 Å². The Morgan fingerprint density at radius 2 is 2.00 bits per heavy atom. The van der Waals surface area contributed by atoms with Gasteiger partial charge in [0.2, 0.25) is 0 Å². The third-order valence-electron chi connectivity index (χ3n) is 3.69. The smallest absolute Gasteiger partial charge is 0.262 e. The van der Waals surface area contributed by atoms with E-state index in [4.69, 9.17) is 5.84 Å². The molecule has 6 heteroatoms. The van der Waals surface area contributed by atoms with Crippen molar-refractivity contribution < 1.29 is 4.79 Å². The van der Waals surface area contributed by atoms with Crippen molar-refractivity contribution in [1.29, 1.82) is 0 Å². The van der Waals surface area contributed by atoms with Crippen molar-refractivity contribution in [3.8, 4) is 0 Å². The molecule has 0 saturated carbocycles. The Hall–Kier alpha value is -2.60. The molecule has 1 aliphatic rings. The molecular weight excluding hydrogens is 266 g/mol. The summed E-state index contributed by atoms with van der Waals surface area (Å²) in [7, 11) is 2.03. The maximum absolute atomic E-state index is 12.8. The number of pyridine rings is 1. The van der Waals surface area contributed by atoms with Crippen LogP contribution >= 0.6 is 0 Å². The number of hydrogen-bond donors (Lipinski definition) is 2. The van der Waals surface area contributed by atoms with E-state index in [1.807, 2.05) is 31.3 Å². The van der Waals surface area contributed by atoms with Crippen LogP contribution in [0.25, 0.3) is 0 Å². The molecule has 21 heavy (non-hydrogen) atoms. The second kappa shape index (κ2) is 5.41. The topological polar surface area (TPSA) is 74.5 Å². The first-order valence-electron chi connectivity index (χ1n) is 6.75. The number of aromatic nitrogens is 1. The van der Waals surface area contributed by atoms with Crippen molar-refractivity contribution in [2.75, 3.05) is 35.4 Å². The molecule has 0 saturated heterocycles. The Morgan fingerprint density at radius 3 is 2.76 bits per heavy atom. The number of nitrogens with zero attached hydrogens (tertiary/aromatic N) is 3. The Bertz CT molecular complexity index is 673. The second-order valence-corrected chi connectivity index (χ2v) is 4.93. The second-order valence-electron chi connectivity index (χ2n) is 4.93. The van der Waals surface area contributed by atoms with E-state index in [1.54, 1.807) is 23.4 Å². The zero-order chi connectivity index (χ0) is 14.8. The van der Waals surface area contributed by atoms with Gasteiger partial charge in [0.1, 0.15) is 0 Å². The number of carbonyl (C=O) groups excluding carboxylic acids is 1. The summed E-state index contributed by atoms with van der Waals surface area (Å²) in [5, 5.41) is 0. The molecule has 0 atom stereocenters. The first-order chi connectivity index (χ1) is 10.2. The fraction of sp³-hybridized carbons (Fsp3) is 0.200. The van der Waals surface area contributed by atoms with E-state index in [0.717, 1.165) is 17.9 Å². The number of rotatable bonds is 2. The Balaban J connectivity index is 2.01. The quantitative estimate of drug-likeness (QED) is 0.645. The molecule has 2 heterocycles. The van der Waals surface area contributed by atoms with Gasteiger partial charge in [-0.3, -0.25) is 15.6 Å². The first-order valence-corrected chi connectivity index (χ1v) is 6.75. The molecule has 3 rings (SSSR count). The summed E-state index contributed by atoms with van der Waals surface area (Å²) in [6.45, 7) is 1.42. The van der Waals surface area contributed by atoms with E-state index in [0.29, 0.717) is 17.8 Å². The molecule has 2 aromatic rings. The largest absolute Gasteiger partial charge is 0.371 e. The predicted octanol–water partition coefficient (Wildman–Crippen LogP) is 1.46. The average Bonchev–Trinajstić information content (AvgIpc) is 2.55. The number of nitrogens with two attached hydrogens (primary N) is 1. The normalized spacial score (nSPS) is 13.8. The number of hydrazine groups is 1. The lowest BCUT2D eigenvalue weighted by Gasteiger charge is -2.35. The minimum absolute atomic E-state index is 0.100. The SMILES string of the molecule is CN1CCN(C(=O)c2cnccc2NN)c2ccccc21. The molecule has 0 bridgehead atoms. The number of benzene rings is 1. The van der Waals surface area contributed by atoms with Crippen molar-refractivity contribution in [2.24, 2.45) is 5.84 Å². The van der Waals surface area contributed by atoms with Gasteiger partial charge in [0.25, 0.3) is 5.91 Å². The minimum Gasteiger partial charge on any atom is -0.371 e. The van der Waals surface area contributed by atoms with Crippen molar-refractivity contribution in [1.82, 2.24) is 4.98 Å². The van der Waals surface area contributed by atoms with Gasteiger partial charge in [-0.15, -0.1) is 0 Å². The molecular formula is C15H17N5O. The number of anilines is 3. The Labute approximate surface area is 123 Å². The summed E-state index contributed by atoms with van der Waals surface area (Å²) in [5.74, 6) is 5.38. The third kappa shape index (κ3) is 2.30. The van der Waals surface area contributed by atoms with E-state index in [2.05, 4.69) is 15.3 Å². The van der Waals surface area contributed by atoms with Gasteiger partial charge in [0, 0.05) is 32.5 Å². The van der Waals surface area contributed by atoms with Crippen molar-refractivity contribution in [2.45, 2.75) is 0 Å². The summed E-state index contributed by atoms with van der Waals surface area (Å²) >= 11 is 0. The number of likely N-dealkylation sites (N-methyl/N-ethyl adjacent to an activating group) is 1. The van der Waals surface area contributed by atoms with Crippen LogP contribution in [0.3, 0.4) is 0 Å². The summed E-state index contributed by atoms with van der Waals surface area (Å²) in [6, 6.07) is 9.56. The highest BCUT2D eigenvalue weighted by Gasteiger charge is 2.27. The number of nitrogens with one attached hydrogen (secondary N) is 1. The standard InChI is InChI=1S/C15H17N5O/c1-19-8-9-20(14-5-3-2-4-13(14)19)15(21)11-10-17-7-6-12(11)18-16/h2-7,10H,8-9,16H2,1H3,(H,17,18). The molecule has 3 N–H and O–H groups in total. The van der Waals surface area contributed by atoms with Crippen LogP contribution in [0.4, 0.5) is 17.1 Å². The van der Waals surface area contributed by atoms with Gasteiger partial charge in [0.05, 0.1) is 22.6 Å². The number of amides is 1. The van der Waals surface area contributed by atoms with Gasteiger partial charge in [0.15, 0.2) is 0 Å². The number of hydrogen-bond acceptors (Lipinski definition) is 5. The third-order valence-corrected chi connectivity index (χ3v) is 3.69. The fourth-order valence-electron chi connectivity index (χ4n) is 2.55. The number of nitrogen functional groups attached to an aromatic ring is 1. The summed E-state index contributed by atoms with van der Waals surface area (Å²) in [4.78, 5) is 20.8. The van der Waals surface area contributed by atoms with Crippen molar-refractivity contribution in [3.63, 3.8) is 0 Å². The van der Waals surface area contributed by atoms with Crippen LogP contribution in [0.15, 0.2) is 42.7 Å². The zero-order valence-corrected chi connectivity index (χ0v) is 11.8. The van der Waals surface area contributed by atoms with Crippen LogP contribution in [0.1, 0.15) is 10.4 Å². The predicted molar refractivity (Wildman–Crippen MR) is 83.4 cm³/mol. The number of para-hydroxylation sites is 2. The molecule has 1 aliphatic heterocycles. The van der Waals surface area contributed by atoms with Crippen LogP contribution in [0.2, 0.25) is 0 Å². The molecule has 1 aromatic heterocycles. The Kier molecular flexibility index (Phi) is 3.45. The van der Waals surface area contributed by atoms with E-state index >= 15 is 0 Å². The highest BCUT2D eigenvalue weighted by atomic mass is 16.2. The maximum Gasteiger partial charge on any atom is 0.262 e. The minimum atomic E-state index is -0.100. The Morgan fingerprint density at radius 1 is 1.24 bits per heavy atom. The van der Waals surface area contributed by atoms with Crippen LogP contribution < -0.4 is 21.1 Å². The number of carbonyl (C=O) groups is 1.